The number of halogens is 9. The number of hydrogen-bond acceptors (Lipinski definition) is 7. The van der Waals surface area contributed by atoms with Gasteiger partial charge in [-0.05, 0) is 247 Å². The van der Waals surface area contributed by atoms with Gasteiger partial charge in [0.2, 0.25) is 5.91 Å². The molecule has 5 N–H and O–H groups in total. The summed E-state index contributed by atoms with van der Waals surface area (Å²) in [7, 11) is 0. The monoisotopic (exact) mass is 1450 g/mol. The fourth-order valence-electron chi connectivity index (χ4n) is 12.6. The average Bonchev–Trinajstić information content (AvgIpc) is 0.829. The number of piperidine rings is 2. The molecule has 17 heteroatoms. The number of likely N-dealkylation sites (tertiary alicyclic amines) is 2. The molecule has 1 amide bonds. The summed E-state index contributed by atoms with van der Waals surface area (Å²) < 4.78 is 94.5. The van der Waals surface area contributed by atoms with Gasteiger partial charge in [0.1, 0.15) is 5.82 Å². The number of nitrogens with two attached hydrogens (primary N) is 2. The van der Waals surface area contributed by atoms with Crippen LogP contribution in [0.4, 0.5) is 30.7 Å². The average molecular weight is 1450 g/mol. The molecule has 4 aromatic carbocycles. The van der Waals surface area contributed by atoms with E-state index in [4.69, 9.17) is 39.4 Å². The zero-order valence-corrected chi connectivity index (χ0v) is 66.4. The molecule has 6 rings (SSSR count). The second-order valence-corrected chi connectivity index (χ2v) is 31.6. The van der Waals surface area contributed by atoms with E-state index >= 15 is 0 Å². The Morgan fingerprint density at radius 2 is 0.810 bits per heavy atom. The van der Waals surface area contributed by atoms with Crippen LogP contribution in [0.15, 0.2) is 144 Å². The normalized spacial score (nSPS) is 15.8. The van der Waals surface area contributed by atoms with Crippen LogP contribution in [-0.2, 0) is 37.4 Å². The molecule has 2 aliphatic heterocycles. The number of aliphatic hydroxyl groups is 1. The summed E-state index contributed by atoms with van der Waals surface area (Å²) in [4.78, 5) is 17.0. The number of amides is 1. The second-order valence-electron chi connectivity index (χ2n) is 30.7. The Bertz CT molecular complexity index is 3060. The largest absolute Gasteiger partial charge is 0.416 e. The van der Waals surface area contributed by atoms with E-state index in [0.717, 1.165) is 116 Å². The predicted molar refractivity (Wildman–Crippen MR) is 410 cm³/mol. The van der Waals surface area contributed by atoms with E-state index in [1.165, 1.54) is 46.5 Å². The van der Waals surface area contributed by atoms with E-state index in [-0.39, 0.29) is 64.4 Å². The standard InChI is InChI=1S/C21H32ClNO.C21H29F4N.C16H22F3N.C15H22ClN.C6H13NO.C4H10O/c1-16(2)14-19(23-12-10-21(5,24)11-13-23)15-20(3,4)17-6-8-18(22)9-7-17;1-15(2)13-19(26-11-9-17(10-12-26)21(23,24)25)14-20(3,4)16-5-7-18(22)8-6-16;1-11(2)9-14(20)10-15(3,4)12-5-7-13(8-6-12)16(17,18)19;1-11(2)9-14(17)10-15(3,4)12-5-7-13(16)8-6-12;1-4-7(5-2)6(3)8;1-3-5-4-2/h6-9,14,19,24H,10-13,15H2,1-5H3;5-8,13,17,19H,9-12,14H2,1-4H3;5-9,14H,10,20H2,1-4H3;5-9,14H,10,17H2,1-4H3;4-5H2,1-3H3;3-4H2,1-2H3. The minimum absolute atomic E-state index is 0.0654. The lowest BCUT2D eigenvalue weighted by molar-refractivity contribution is -0.185. The van der Waals surface area contributed by atoms with Crippen LogP contribution in [0.2, 0.25) is 10.0 Å². The molecular weight excluding hydrogens is 1320 g/mol. The highest BCUT2D eigenvalue weighted by atomic mass is 35.5. The summed E-state index contributed by atoms with van der Waals surface area (Å²) in [6.45, 7) is 51.4. The molecule has 2 saturated heterocycles. The molecule has 2 heterocycles. The van der Waals surface area contributed by atoms with E-state index in [0.29, 0.717) is 25.6 Å². The van der Waals surface area contributed by atoms with Crippen LogP contribution < -0.4 is 11.5 Å². The lowest BCUT2D eigenvalue weighted by Gasteiger charge is -2.42. The van der Waals surface area contributed by atoms with Crippen molar-refractivity contribution in [2.45, 2.75) is 267 Å². The summed E-state index contributed by atoms with van der Waals surface area (Å²) in [5.74, 6) is -1.29. The molecule has 0 saturated carbocycles. The van der Waals surface area contributed by atoms with Gasteiger partial charge in [-0.15, -0.1) is 0 Å². The molecule has 4 aromatic rings. The van der Waals surface area contributed by atoms with Crippen LogP contribution in [0, 0.1) is 11.7 Å². The maximum atomic E-state index is 13.2. The molecule has 100 heavy (non-hydrogen) atoms. The van der Waals surface area contributed by atoms with Gasteiger partial charge >= 0.3 is 12.4 Å². The zero-order valence-electron chi connectivity index (χ0n) is 64.9. The molecule has 2 aliphatic rings. The third-order valence-electron chi connectivity index (χ3n) is 18.4. The number of ether oxygens (including phenoxy) is 1. The Balaban J connectivity index is 0.000000633. The summed E-state index contributed by atoms with van der Waals surface area (Å²) >= 11 is 11.9. The Morgan fingerprint density at radius 1 is 0.520 bits per heavy atom. The number of alkyl halides is 6. The highest BCUT2D eigenvalue weighted by Gasteiger charge is 2.42. The minimum atomic E-state index is -4.29. The molecule has 2 fully saturated rings. The third kappa shape index (κ3) is 36.5. The summed E-state index contributed by atoms with van der Waals surface area (Å²) in [5.41, 5.74) is 20.1. The van der Waals surface area contributed by atoms with Gasteiger partial charge in [0.15, 0.2) is 0 Å². The van der Waals surface area contributed by atoms with E-state index in [2.05, 4.69) is 122 Å². The Hall–Kier alpha value is -4.84. The Labute approximate surface area is 610 Å². The zero-order chi connectivity index (χ0) is 76.8. The van der Waals surface area contributed by atoms with E-state index in [1.54, 1.807) is 24.0 Å². The van der Waals surface area contributed by atoms with Gasteiger partial charge in [-0.25, -0.2) is 4.39 Å². The quantitative estimate of drug-likeness (QED) is 0.0531. The van der Waals surface area contributed by atoms with Crippen LogP contribution in [0.25, 0.3) is 0 Å². The van der Waals surface area contributed by atoms with E-state index < -0.39 is 29.4 Å². The van der Waals surface area contributed by atoms with Crippen molar-refractivity contribution < 1.29 is 45.4 Å². The number of benzene rings is 4. The summed E-state index contributed by atoms with van der Waals surface area (Å²) in [5, 5.41) is 11.8. The number of hydrogen-bond donors (Lipinski definition) is 3. The maximum Gasteiger partial charge on any atom is 0.416 e. The van der Waals surface area contributed by atoms with Crippen molar-refractivity contribution in [2.24, 2.45) is 17.4 Å². The van der Waals surface area contributed by atoms with Crippen molar-refractivity contribution in [1.82, 2.24) is 14.7 Å². The number of nitrogens with zero attached hydrogens (tertiary/aromatic N) is 3. The maximum absolute atomic E-state index is 13.2. The molecule has 0 spiro atoms. The molecule has 0 aliphatic carbocycles. The first-order valence-corrected chi connectivity index (χ1v) is 36.5. The first kappa shape index (κ1) is 93.2. The molecule has 4 atom stereocenters. The van der Waals surface area contributed by atoms with E-state index in [1.807, 2.05) is 107 Å². The van der Waals surface area contributed by atoms with Crippen molar-refractivity contribution in [2.75, 3.05) is 52.5 Å². The number of rotatable bonds is 22. The van der Waals surface area contributed by atoms with Gasteiger partial charge in [-0.2, -0.15) is 26.3 Å². The number of carbonyl (C=O) groups is 1. The molecular formula is C83H128Cl2F7N5O3. The molecule has 0 radical (unpaired) electrons. The number of carbonyl (C=O) groups excluding carboxylic acids is 1. The fraction of sp³-hybridized carbons (Fsp3) is 0.602. The van der Waals surface area contributed by atoms with Crippen LogP contribution in [-0.4, -0.2) is 114 Å². The summed E-state index contributed by atoms with van der Waals surface area (Å²) in [6.07, 6.45) is 5.73. The van der Waals surface area contributed by atoms with E-state index in [9.17, 15) is 40.6 Å². The van der Waals surface area contributed by atoms with Crippen LogP contribution in [0.5, 0.6) is 0 Å². The molecule has 566 valence electrons. The summed E-state index contributed by atoms with van der Waals surface area (Å²) in [6, 6.07) is 28.6. The van der Waals surface area contributed by atoms with Crippen molar-refractivity contribution in [1.29, 1.82) is 0 Å². The van der Waals surface area contributed by atoms with Crippen LogP contribution >= 0.6 is 23.2 Å². The smallest absolute Gasteiger partial charge is 0.390 e. The Kier molecular flexibility index (Phi) is 40.5. The minimum Gasteiger partial charge on any atom is -0.390 e. The number of allylic oxidation sites excluding steroid dienone is 4. The Morgan fingerprint density at radius 3 is 1.07 bits per heavy atom. The first-order valence-electron chi connectivity index (χ1n) is 35.7. The topological polar surface area (TPSA) is 108 Å². The van der Waals surface area contributed by atoms with Crippen molar-refractivity contribution in [3.05, 3.63) is 187 Å². The van der Waals surface area contributed by atoms with Crippen LogP contribution in [0.1, 0.15) is 232 Å². The molecule has 8 nitrogen and oxygen atoms in total. The van der Waals surface area contributed by atoms with Crippen molar-refractivity contribution >= 4 is 29.1 Å². The first-order chi connectivity index (χ1) is 46.0. The van der Waals surface area contributed by atoms with Gasteiger partial charge in [-0.1, -0.05) is 174 Å². The van der Waals surface area contributed by atoms with Crippen molar-refractivity contribution in [3.8, 4) is 0 Å². The fourth-order valence-corrected chi connectivity index (χ4v) is 12.9. The van der Waals surface area contributed by atoms with Gasteiger partial charge < -0.3 is 26.2 Å². The molecule has 4 unspecified atom stereocenters. The lowest BCUT2D eigenvalue weighted by Crippen LogP contribution is -2.48. The molecule has 0 bridgehead atoms. The van der Waals surface area contributed by atoms with Gasteiger partial charge in [0.05, 0.1) is 17.1 Å². The van der Waals surface area contributed by atoms with Gasteiger partial charge in [-0.3, -0.25) is 14.6 Å². The van der Waals surface area contributed by atoms with Crippen LogP contribution in [0.3, 0.4) is 0 Å². The van der Waals surface area contributed by atoms with Gasteiger partial charge in [0.25, 0.3) is 0 Å². The van der Waals surface area contributed by atoms with Crippen molar-refractivity contribution in [3.63, 3.8) is 0 Å². The molecule has 0 aromatic heterocycles. The SMILES string of the molecule is CC(C)=CC(CC(C)(C)c1ccc(Cl)cc1)N1CCC(C)(O)CC1.CC(C)=CC(CC(C)(C)c1ccc(F)cc1)N1CCC(C(F)(F)F)CC1.CC(C)=CC(N)CC(C)(C)c1ccc(C(F)(F)F)cc1.CC(C)=CC(N)CC(C)(C)c1ccc(Cl)cc1.CCN(CC)C(C)=O.CCOCC. The third-order valence-corrected chi connectivity index (χ3v) is 18.9. The second kappa shape index (κ2) is 43.4. The predicted octanol–water partition coefficient (Wildman–Crippen LogP) is 22.2. The highest BCUT2D eigenvalue weighted by molar-refractivity contribution is 6.30. The highest BCUT2D eigenvalue weighted by Crippen LogP contribution is 2.39. The van der Waals surface area contributed by atoms with Gasteiger partial charge in [0, 0.05) is 80.5 Å². The lowest BCUT2D eigenvalue weighted by atomic mass is 9.78.